The summed E-state index contributed by atoms with van der Waals surface area (Å²) in [6, 6.07) is 4.23. The van der Waals surface area contributed by atoms with Gasteiger partial charge in [0.05, 0.1) is 17.6 Å². The predicted molar refractivity (Wildman–Crippen MR) is 76.7 cm³/mol. The Labute approximate surface area is 110 Å². The predicted octanol–water partition coefficient (Wildman–Crippen LogP) is 3.12. The van der Waals surface area contributed by atoms with E-state index in [1.54, 1.807) is 0 Å². The molecule has 0 saturated carbocycles. The van der Waals surface area contributed by atoms with Crippen molar-refractivity contribution < 1.29 is 0 Å². The van der Waals surface area contributed by atoms with Gasteiger partial charge in [0.2, 0.25) is 0 Å². The molecule has 0 amide bonds. The minimum Gasteiger partial charge on any atom is -0.370 e. The first kappa shape index (κ1) is 13.3. The van der Waals surface area contributed by atoms with E-state index in [-0.39, 0.29) is 6.04 Å². The van der Waals surface area contributed by atoms with Crippen LogP contribution >= 0.6 is 0 Å². The molecule has 0 aliphatic carbocycles. The van der Waals surface area contributed by atoms with Crippen molar-refractivity contribution in [1.29, 1.82) is 0 Å². The Bertz CT molecular complexity index is 351. The Morgan fingerprint density at radius 3 is 2.61 bits per heavy atom. The zero-order chi connectivity index (χ0) is 13.0. The van der Waals surface area contributed by atoms with Crippen molar-refractivity contribution >= 4 is 5.69 Å². The molecule has 100 valence electrons. The number of rotatable bonds is 4. The lowest BCUT2D eigenvalue weighted by Crippen LogP contribution is -2.33. The summed E-state index contributed by atoms with van der Waals surface area (Å²) in [5.74, 6) is 0.933. The minimum atomic E-state index is 0.0225. The molecule has 3 heteroatoms. The fourth-order valence-corrected chi connectivity index (χ4v) is 2.74. The van der Waals surface area contributed by atoms with Gasteiger partial charge in [-0.25, -0.2) is 0 Å². The van der Waals surface area contributed by atoms with Crippen LogP contribution in [0, 0.1) is 5.92 Å². The van der Waals surface area contributed by atoms with Gasteiger partial charge in [-0.05, 0) is 37.8 Å². The van der Waals surface area contributed by atoms with Gasteiger partial charge in [0.1, 0.15) is 0 Å². The third kappa shape index (κ3) is 3.22. The molecule has 2 heterocycles. The van der Waals surface area contributed by atoms with Crippen molar-refractivity contribution in [2.24, 2.45) is 11.7 Å². The van der Waals surface area contributed by atoms with Crippen LogP contribution in [0.25, 0.3) is 0 Å². The number of nitrogens with two attached hydrogens (primary N) is 1. The average molecular weight is 247 g/mol. The van der Waals surface area contributed by atoms with E-state index >= 15 is 0 Å². The summed E-state index contributed by atoms with van der Waals surface area (Å²) in [7, 11) is 0. The van der Waals surface area contributed by atoms with E-state index in [4.69, 9.17) is 5.73 Å². The van der Waals surface area contributed by atoms with Crippen molar-refractivity contribution in [3.8, 4) is 0 Å². The van der Waals surface area contributed by atoms with Gasteiger partial charge in [0.25, 0.3) is 0 Å². The standard InChI is InChI=1S/C15H25N3/c1-3-4-13-7-9-18(10-8-13)14-5-6-15(12(2)16)17-11-14/h5-6,11-13H,3-4,7-10,16H2,1-2H3/t12-/m0/s1. The van der Waals surface area contributed by atoms with Crippen molar-refractivity contribution in [3.63, 3.8) is 0 Å². The molecule has 18 heavy (non-hydrogen) atoms. The lowest BCUT2D eigenvalue weighted by atomic mass is 9.92. The van der Waals surface area contributed by atoms with Crippen LogP contribution in [0.4, 0.5) is 5.69 Å². The monoisotopic (exact) mass is 247 g/mol. The Hall–Kier alpha value is -1.09. The van der Waals surface area contributed by atoms with Gasteiger partial charge in [-0.2, -0.15) is 0 Å². The van der Waals surface area contributed by atoms with Crippen LogP contribution in [0.5, 0.6) is 0 Å². The molecule has 1 aliphatic heterocycles. The topological polar surface area (TPSA) is 42.1 Å². The number of pyridine rings is 1. The number of nitrogens with zero attached hydrogens (tertiary/aromatic N) is 2. The maximum Gasteiger partial charge on any atom is 0.0569 e. The Morgan fingerprint density at radius 1 is 1.39 bits per heavy atom. The Kier molecular flexibility index (Phi) is 4.59. The summed E-state index contributed by atoms with van der Waals surface area (Å²) in [4.78, 5) is 6.89. The van der Waals surface area contributed by atoms with Gasteiger partial charge in [0.15, 0.2) is 0 Å². The summed E-state index contributed by atoms with van der Waals surface area (Å²) >= 11 is 0. The number of hydrogen-bond donors (Lipinski definition) is 1. The van der Waals surface area contributed by atoms with E-state index in [0.717, 1.165) is 11.6 Å². The average Bonchev–Trinajstić information content (AvgIpc) is 2.40. The zero-order valence-corrected chi connectivity index (χ0v) is 11.6. The highest BCUT2D eigenvalue weighted by atomic mass is 15.1. The molecule has 0 bridgehead atoms. The molecule has 3 nitrogen and oxygen atoms in total. The van der Waals surface area contributed by atoms with Crippen molar-refractivity contribution in [1.82, 2.24) is 4.98 Å². The highest BCUT2D eigenvalue weighted by Crippen LogP contribution is 2.25. The molecular formula is C15H25N3. The second kappa shape index (κ2) is 6.19. The molecule has 0 spiro atoms. The maximum atomic E-state index is 5.82. The summed E-state index contributed by atoms with van der Waals surface area (Å²) < 4.78 is 0. The van der Waals surface area contributed by atoms with Crippen molar-refractivity contribution in [2.45, 2.75) is 45.6 Å². The minimum absolute atomic E-state index is 0.0225. The first-order valence-corrected chi connectivity index (χ1v) is 7.17. The molecule has 0 radical (unpaired) electrons. The number of aromatic nitrogens is 1. The van der Waals surface area contributed by atoms with Gasteiger partial charge >= 0.3 is 0 Å². The molecule has 1 aliphatic rings. The van der Waals surface area contributed by atoms with Gasteiger partial charge in [0, 0.05) is 19.1 Å². The van der Waals surface area contributed by atoms with Crippen LogP contribution in [-0.2, 0) is 0 Å². The first-order valence-electron chi connectivity index (χ1n) is 7.17. The van der Waals surface area contributed by atoms with E-state index in [2.05, 4.69) is 28.9 Å². The molecule has 1 fully saturated rings. The summed E-state index contributed by atoms with van der Waals surface area (Å²) in [6.45, 7) is 6.59. The van der Waals surface area contributed by atoms with E-state index in [0.29, 0.717) is 0 Å². The normalized spacial score (nSPS) is 18.9. The van der Waals surface area contributed by atoms with E-state index in [1.165, 1.54) is 44.5 Å². The van der Waals surface area contributed by atoms with Crippen LogP contribution in [0.2, 0.25) is 0 Å². The molecule has 1 aromatic heterocycles. The van der Waals surface area contributed by atoms with Gasteiger partial charge in [-0.3, -0.25) is 4.98 Å². The SMILES string of the molecule is CCCC1CCN(c2ccc([C@H](C)N)nc2)CC1. The van der Waals surface area contributed by atoms with E-state index in [9.17, 15) is 0 Å². The highest BCUT2D eigenvalue weighted by molar-refractivity contribution is 5.45. The van der Waals surface area contributed by atoms with Crippen molar-refractivity contribution in [3.05, 3.63) is 24.0 Å². The molecular weight excluding hydrogens is 222 g/mol. The molecule has 0 unspecified atom stereocenters. The second-order valence-electron chi connectivity index (χ2n) is 5.45. The number of hydrogen-bond acceptors (Lipinski definition) is 3. The smallest absolute Gasteiger partial charge is 0.0569 e. The van der Waals surface area contributed by atoms with E-state index in [1.807, 2.05) is 13.1 Å². The molecule has 0 aromatic carbocycles. The summed E-state index contributed by atoms with van der Waals surface area (Å²) in [6.07, 6.45) is 7.32. The molecule has 2 N–H and O–H groups in total. The summed E-state index contributed by atoms with van der Waals surface area (Å²) in [5, 5.41) is 0. The van der Waals surface area contributed by atoms with Gasteiger partial charge < -0.3 is 10.6 Å². The second-order valence-corrected chi connectivity index (χ2v) is 5.45. The fourth-order valence-electron chi connectivity index (χ4n) is 2.74. The summed E-state index contributed by atoms with van der Waals surface area (Å²) in [5.41, 5.74) is 8.03. The highest BCUT2D eigenvalue weighted by Gasteiger charge is 2.18. The number of anilines is 1. The number of piperidine rings is 1. The molecule has 1 saturated heterocycles. The lowest BCUT2D eigenvalue weighted by molar-refractivity contribution is 0.378. The van der Waals surface area contributed by atoms with Crippen LogP contribution in [0.3, 0.4) is 0 Å². The van der Waals surface area contributed by atoms with Gasteiger partial charge in [-0.1, -0.05) is 19.8 Å². The Morgan fingerprint density at radius 2 is 2.11 bits per heavy atom. The van der Waals surface area contributed by atoms with Crippen LogP contribution in [0.15, 0.2) is 18.3 Å². The van der Waals surface area contributed by atoms with E-state index < -0.39 is 0 Å². The molecule has 2 rings (SSSR count). The van der Waals surface area contributed by atoms with Crippen LogP contribution in [-0.4, -0.2) is 18.1 Å². The first-order chi connectivity index (χ1) is 8.70. The van der Waals surface area contributed by atoms with Crippen LogP contribution < -0.4 is 10.6 Å². The quantitative estimate of drug-likeness (QED) is 0.889. The van der Waals surface area contributed by atoms with Gasteiger partial charge in [-0.15, -0.1) is 0 Å². The zero-order valence-electron chi connectivity index (χ0n) is 11.6. The van der Waals surface area contributed by atoms with Crippen molar-refractivity contribution in [2.75, 3.05) is 18.0 Å². The molecule has 1 aromatic rings. The lowest BCUT2D eigenvalue weighted by Gasteiger charge is -2.33. The molecule has 1 atom stereocenters. The third-order valence-electron chi connectivity index (χ3n) is 3.91. The fraction of sp³-hybridized carbons (Fsp3) is 0.667. The maximum absolute atomic E-state index is 5.82. The Balaban J connectivity index is 1.93. The van der Waals surface area contributed by atoms with Crippen LogP contribution in [0.1, 0.15) is 51.3 Å². The third-order valence-corrected chi connectivity index (χ3v) is 3.91. The largest absolute Gasteiger partial charge is 0.370 e.